The molecule has 0 unspecified atom stereocenters. The first-order chi connectivity index (χ1) is 20.8. The van der Waals surface area contributed by atoms with Gasteiger partial charge in [-0.1, -0.05) is 0 Å². The molecule has 0 atom stereocenters. The van der Waals surface area contributed by atoms with Gasteiger partial charge in [0, 0.05) is 0 Å². The molecule has 0 aliphatic heterocycles. The molecule has 6 rings (SSSR count). The molecule has 43 heavy (non-hydrogen) atoms. The second-order valence-electron chi connectivity index (χ2n) is 13.3. The molecule has 0 amide bonds. The first kappa shape index (κ1) is 29.6. The maximum atomic E-state index is 6.30. The van der Waals surface area contributed by atoms with Crippen LogP contribution in [0.5, 0.6) is 34.5 Å². The molecule has 3 fully saturated rings. The lowest BCUT2D eigenvalue weighted by atomic mass is 10.1. The molecule has 3 saturated carbocycles. The van der Waals surface area contributed by atoms with Gasteiger partial charge in [0.2, 0.25) is 0 Å². The fraction of sp³-hybridized carbons (Fsp3) is 0.500. The molecule has 0 N–H and O–H groups in total. The van der Waals surface area contributed by atoms with Crippen molar-refractivity contribution in [3.8, 4) is 34.5 Å². The van der Waals surface area contributed by atoms with E-state index in [0.717, 1.165) is 55.8 Å². The molecule has 3 aliphatic rings. The first-order valence-corrected chi connectivity index (χ1v) is 16.1. The van der Waals surface area contributed by atoms with Gasteiger partial charge in [0.25, 0.3) is 0 Å². The van der Waals surface area contributed by atoms with E-state index in [0.29, 0.717) is 17.2 Å². The monoisotopic (exact) mass is 584 g/mol. The van der Waals surface area contributed by atoms with Crippen molar-refractivity contribution in [2.45, 2.75) is 115 Å². The Labute approximate surface area is 257 Å². The maximum Gasteiger partial charge on any atom is 0.864 e. The molecule has 0 spiro atoms. The Morgan fingerprint density at radius 3 is 0.814 bits per heavy atom. The van der Waals surface area contributed by atoms with Crippen LogP contribution in [-0.2, 0) is 0 Å². The number of ether oxygens (including phenoxy) is 3. The van der Waals surface area contributed by atoms with Crippen LogP contribution < -0.4 is 28.2 Å². The van der Waals surface area contributed by atoms with Crippen molar-refractivity contribution in [1.82, 2.24) is 0 Å². The third-order valence-electron chi connectivity index (χ3n) is 9.24. The average Bonchev–Trinajstić information content (AvgIpc) is 3.74. The SMILES string of the molecule is CC1(Oc2ccc(OB(Oc3ccc(OC4(C)CCCC4)cc3)Oc3ccc(OC4(C)CCCC4)cc3)cc2)CCCC1. The van der Waals surface area contributed by atoms with Gasteiger partial charge in [0.15, 0.2) is 0 Å². The molecule has 0 saturated heterocycles. The zero-order chi connectivity index (χ0) is 29.8. The van der Waals surface area contributed by atoms with Crippen LogP contribution in [0.2, 0.25) is 0 Å². The van der Waals surface area contributed by atoms with E-state index in [9.17, 15) is 0 Å². The van der Waals surface area contributed by atoms with Crippen molar-refractivity contribution in [2.24, 2.45) is 0 Å². The number of hydrogen-bond donors (Lipinski definition) is 0. The van der Waals surface area contributed by atoms with Crippen molar-refractivity contribution in [3.63, 3.8) is 0 Å². The van der Waals surface area contributed by atoms with Crippen molar-refractivity contribution < 1.29 is 28.2 Å². The quantitative estimate of drug-likeness (QED) is 0.198. The van der Waals surface area contributed by atoms with Crippen LogP contribution in [0.15, 0.2) is 72.8 Å². The summed E-state index contributed by atoms with van der Waals surface area (Å²) in [6, 6.07) is 23.0. The number of hydrogen-bond acceptors (Lipinski definition) is 6. The molecule has 7 heteroatoms. The Bertz CT molecular complexity index is 1140. The van der Waals surface area contributed by atoms with Crippen LogP contribution in [0.4, 0.5) is 0 Å². The van der Waals surface area contributed by atoms with Crippen molar-refractivity contribution >= 4 is 7.32 Å². The predicted octanol–water partition coefficient (Wildman–Crippen LogP) is 9.34. The minimum absolute atomic E-state index is 0.0900. The fourth-order valence-corrected chi connectivity index (χ4v) is 6.69. The minimum Gasteiger partial charge on any atom is -0.490 e. The number of benzene rings is 3. The minimum atomic E-state index is -1.02. The van der Waals surface area contributed by atoms with Crippen LogP contribution in [0, 0.1) is 0 Å². The van der Waals surface area contributed by atoms with E-state index in [2.05, 4.69) is 20.8 Å². The van der Waals surface area contributed by atoms with Crippen LogP contribution in [0.3, 0.4) is 0 Å². The van der Waals surface area contributed by atoms with Crippen LogP contribution in [-0.4, -0.2) is 24.1 Å². The molecule has 0 bridgehead atoms. The second-order valence-corrected chi connectivity index (χ2v) is 13.3. The van der Waals surface area contributed by atoms with Gasteiger partial charge in [0.1, 0.15) is 51.3 Å². The van der Waals surface area contributed by atoms with Crippen LogP contribution in [0.25, 0.3) is 0 Å². The first-order valence-electron chi connectivity index (χ1n) is 16.1. The van der Waals surface area contributed by atoms with E-state index in [1.807, 2.05) is 72.8 Å². The standard InChI is InChI=1S/C36H45BO6/c1-34(22-4-5-23-34)38-28-10-16-31(17-11-28)41-37(42-32-18-12-29(13-19-32)39-35(2)24-6-7-25-35)43-33-20-14-30(15-21-33)40-36(3)26-8-9-27-36/h10-21H,4-9,22-27H2,1-3H3. The highest BCUT2D eigenvalue weighted by Gasteiger charge is 2.34. The molecule has 0 aromatic heterocycles. The third kappa shape index (κ3) is 7.93. The molecular weight excluding hydrogens is 539 g/mol. The Kier molecular flexibility index (Phi) is 8.69. The van der Waals surface area contributed by atoms with Crippen LogP contribution >= 0.6 is 0 Å². The predicted molar refractivity (Wildman–Crippen MR) is 169 cm³/mol. The highest BCUT2D eigenvalue weighted by atomic mass is 16.7. The molecule has 3 aromatic rings. The summed E-state index contributed by atoms with van der Waals surface area (Å²) in [6.45, 7) is 6.57. The summed E-state index contributed by atoms with van der Waals surface area (Å²) >= 11 is 0. The highest BCUT2D eigenvalue weighted by Crippen LogP contribution is 2.37. The maximum absolute atomic E-state index is 6.30. The van der Waals surface area contributed by atoms with Gasteiger partial charge < -0.3 is 28.2 Å². The van der Waals surface area contributed by atoms with E-state index < -0.39 is 7.32 Å². The highest BCUT2D eigenvalue weighted by molar-refractivity contribution is 6.39. The van der Waals surface area contributed by atoms with Crippen molar-refractivity contribution in [1.29, 1.82) is 0 Å². The van der Waals surface area contributed by atoms with Crippen LogP contribution in [0.1, 0.15) is 97.8 Å². The molecule has 3 aliphatic carbocycles. The smallest absolute Gasteiger partial charge is 0.490 e. The van der Waals surface area contributed by atoms with Crippen molar-refractivity contribution in [2.75, 3.05) is 0 Å². The second kappa shape index (κ2) is 12.6. The zero-order valence-electron chi connectivity index (χ0n) is 25.9. The fourth-order valence-electron chi connectivity index (χ4n) is 6.69. The Balaban J connectivity index is 1.13. The Hall–Kier alpha value is -3.48. The topological polar surface area (TPSA) is 55.4 Å². The van der Waals surface area contributed by atoms with Gasteiger partial charge in [0.05, 0.1) is 0 Å². The largest absolute Gasteiger partial charge is 0.864 e. The molecular formula is C36H45BO6. The Morgan fingerprint density at radius 2 is 0.581 bits per heavy atom. The van der Waals surface area contributed by atoms with E-state index in [1.165, 1.54) is 38.5 Å². The van der Waals surface area contributed by atoms with Gasteiger partial charge >= 0.3 is 7.32 Å². The van der Waals surface area contributed by atoms with E-state index in [4.69, 9.17) is 28.2 Å². The summed E-state index contributed by atoms with van der Waals surface area (Å²) < 4.78 is 37.6. The summed E-state index contributed by atoms with van der Waals surface area (Å²) in [5, 5.41) is 0. The zero-order valence-corrected chi connectivity index (χ0v) is 25.9. The van der Waals surface area contributed by atoms with Gasteiger partial charge in [-0.05, 0) is 171 Å². The Morgan fingerprint density at radius 1 is 0.372 bits per heavy atom. The van der Waals surface area contributed by atoms with E-state index >= 15 is 0 Å². The molecule has 0 radical (unpaired) electrons. The molecule has 6 nitrogen and oxygen atoms in total. The van der Waals surface area contributed by atoms with E-state index in [1.54, 1.807) is 0 Å². The number of rotatable bonds is 12. The normalized spacial score (nSPS) is 19.9. The summed E-state index contributed by atoms with van der Waals surface area (Å²) in [6.07, 6.45) is 13.8. The lowest BCUT2D eigenvalue weighted by Crippen LogP contribution is -2.37. The van der Waals surface area contributed by atoms with Gasteiger partial charge in [-0.2, -0.15) is 0 Å². The summed E-state index contributed by atoms with van der Waals surface area (Å²) in [5.41, 5.74) is -0.270. The third-order valence-corrected chi connectivity index (χ3v) is 9.24. The van der Waals surface area contributed by atoms with Gasteiger partial charge in [-0.3, -0.25) is 0 Å². The summed E-state index contributed by atoms with van der Waals surface area (Å²) in [7, 11) is -1.02. The lowest BCUT2D eigenvalue weighted by molar-refractivity contribution is 0.0964. The lowest BCUT2D eigenvalue weighted by Gasteiger charge is -2.26. The molecule has 0 heterocycles. The van der Waals surface area contributed by atoms with E-state index in [-0.39, 0.29) is 16.8 Å². The average molecular weight is 585 g/mol. The molecule has 3 aromatic carbocycles. The summed E-state index contributed by atoms with van der Waals surface area (Å²) in [4.78, 5) is 0. The van der Waals surface area contributed by atoms with Gasteiger partial charge in [-0.15, -0.1) is 0 Å². The van der Waals surface area contributed by atoms with Crippen molar-refractivity contribution in [3.05, 3.63) is 72.8 Å². The molecule has 228 valence electrons. The summed E-state index contributed by atoms with van der Waals surface area (Å²) in [5.74, 6) is 4.39. The van der Waals surface area contributed by atoms with Gasteiger partial charge in [-0.25, -0.2) is 0 Å².